The predicted molar refractivity (Wildman–Crippen MR) is 37.7 cm³/mol. The summed E-state index contributed by atoms with van der Waals surface area (Å²) in [6, 6.07) is -0.550. The maximum atomic E-state index is 10.3. The lowest BCUT2D eigenvalue weighted by Gasteiger charge is -1.96. The standard InChI is InChI=1S/C6H9N3O2/c1-4-5(3-11-9-4)2-8-6(7)10/h3H,2H2,1H3,(H3,7,8,10). The molecule has 11 heavy (non-hydrogen) atoms. The first-order chi connectivity index (χ1) is 5.20. The van der Waals surface area contributed by atoms with Crippen molar-refractivity contribution in [3.05, 3.63) is 17.5 Å². The summed E-state index contributed by atoms with van der Waals surface area (Å²) >= 11 is 0. The highest BCUT2D eigenvalue weighted by Gasteiger charge is 2.01. The van der Waals surface area contributed by atoms with Gasteiger partial charge in [-0.25, -0.2) is 4.79 Å². The lowest BCUT2D eigenvalue weighted by Crippen LogP contribution is -2.28. The number of rotatable bonds is 2. The van der Waals surface area contributed by atoms with Crippen LogP contribution in [0, 0.1) is 6.92 Å². The Morgan fingerprint density at radius 2 is 2.64 bits per heavy atom. The highest BCUT2D eigenvalue weighted by atomic mass is 16.5. The van der Waals surface area contributed by atoms with Crippen molar-refractivity contribution in [3.8, 4) is 0 Å². The van der Waals surface area contributed by atoms with E-state index in [-0.39, 0.29) is 0 Å². The van der Waals surface area contributed by atoms with E-state index in [1.54, 1.807) is 6.92 Å². The number of hydrogen-bond donors (Lipinski definition) is 2. The molecule has 0 fully saturated rings. The summed E-state index contributed by atoms with van der Waals surface area (Å²) in [5.74, 6) is 0. The number of nitrogens with one attached hydrogen (secondary N) is 1. The summed E-state index contributed by atoms with van der Waals surface area (Å²) in [6.07, 6.45) is 1.48. The highest BCUT2D eigenvalue weighted by Crippen LogP contribution is 2.02. The number of carbonyl (C=O) groups is 1. The van der Waals surface area contributed by atoms with Crippen LogP contribution in [0.5, 0.6) is 0 Å². The monoisotopic (exact) mass is 155 g/mol. The third-order valence-corrected chi connectivity index (χ3v) is 1.30. The molecule has 5 heteroatoms. The van der Waals surface area contributed by atoms with Gasteiger partial charge in [-0.2, -0.15) is 0 Å². The Bertz CT molecular complexity index is 256. The second-order valence-corrected chi connectivity index (χ2v) is 2.14. The number of aryl methyl sites for hydroxylation is 1. The van der Waals surface area contributed by atoms with Gasteiger partial charge in [0.25, 0.3) is 0 Å². The van der Waals surface area contributed by atoms with Gasteiger partial charge >= 0.3 is 6.03 Å². The van der Waals surface area contributed by atoms with Crippen LogP contribution in [0.25, 0.3) is 0 Å². The van der Waals surface area contributed by atoms with Crippen molar-refractivity contribution in [2.75, 3.05) is 0 Å². The molecule has 60 valence electrons. The molecule has 2 amide bonds. The number of amides is 2. The van der Waals surface area contributed by atoms with Crippen LogP contribution in [-0.2, 0) is 6.54 Å². The van der Waals surface area contributed by atoms with Gasteiger partial charge in [0.05, 0.1) is 5.69 Å². The van der Waals surface area contributed by atoms with Crippen LogP contribution in [0.3, 0.4) is 0 Å². The number of carbonyl (C=O) groups excluding carboxylic acids is 1. The Balaban J connectivity index is 2.51. The molecular formula is C6H9N3O2. The van der Waals surface area contributed by atoms with Crippen molar-refractivity contribution < 1.29 is 9.32 Å². The largest absolute Gasteiger partial charge is 0.364 e. The fourth-order valence-corrected chi connectivity index (χ4v) is 0.665. The summed E-state index contributed by atoms with van der Waals surface area (Å²) in [7, 11) is 0. The second kappa shape index (κ2) is 3.05. The molecule has 0 aliphatic carbocycles. The summed E-state index contributed by atoms with van der Waals surface area (Å²) in [5.41, 5.74) is 6.46. The average Bonchev–Trinajstić information content (AvgIpc) is 2.31. The van der Waals surface area contributed by atoms with Crippen LogP contribution >= 0.6 is 0 Å². The molecule has 1 aromatic heterocycles. The van der Waals surface area contributed by atoms with Gasteiger partial charge in [-0.3, -0.25) is 0 Å². The van der Waals surface area contributed by atoms with Crippen LogP contribution in [0.4, 0.5) is 4.79 Å². The third kappa shape index (κ3) is 1.96. The minimum atomic E-state index is -0.550. The van der Waals surface area contributed by atoms with Gasteiger partial charge in [-0.05, 0) is 6.92 Å². The van der Waals surface area contributed by atoms with Gasteiger partial charge in [0.2, 0.25) is 0 Å². The van der Waals surface area contributed by atoms with Crippen molar-refractivity contribution in [2.24, 2.45) is 5.73 Å². The zero-order valence-electron chi connectivity index (χ0n) is 6.13. The minimum Gasteiger partial charge on any atom is -0.364 e. The van der Waals surface area contributed by atoms with E-state index in [1.165, 1.54) is 6.26 Å². The summed E-state index contributed by atoms with van der Waals surface area (Å²) in [5, 5.41) is 6.06. The van der Waals surface area contributed by atoms with Gasteiger partial charge in [0, 0.05) is 12.1 Å². The second-order valence-electron chi connectivity index (χ2n) is 2.14. The first-order valence-corrected chi connectivity index (χ1v) is 3.13. The van der Waals surface area contributed by atoms with Crippen LogP contribution < -0.4 is 11.1 Å². The maximum absolute atomic E-state index is 10.3. The molecule has 1 aromatic rings. The van der Waals surface area contributed by atoms with E-state index in [0.29, 0.717) is 6.54 Å². The molecule has 1 rings (SSSR count). The van der Waals surface area contributed by atoms with E-state index in [0.717, 1.165) is 11.3 Å². The lowest BCUT2D eigenvalue weighted by molar-refractivity contribution is 0.248. The molecule has 0 bridgehead atoms. The van der Waals surface area contributed by atoms with Crippen LogP contribution in [0.2, 0.25) is 0 Å². The summed E-state index contributed by atoms with van der Waals surface area (Å²) < 4.78 is 4.64. The van der Waals surface area contributed by atoms with E-state index >= 15 is 0 Å². The van der Waals surface area contributed by atoms with Crippen LogP contribution in [0.15, 0.2) is 10.8 Å². The third-order valence-electron chi connectivity index (χ3n) is 1.30. The Hall–Kier alpha value is -1.52. The highest BCUT2D eigenvalue weighted by molar-refractivity contribution is 5.71. The molecule has 0 atom stereocenters. The van der Waals surface area contributed by atoms with E-state index < -0.39 is 6.03 Å². The zero-order valence-corrected chi connectivity index (χ0v) is 6.13. The Kier molecular flexibility index (Phi) is 2.10. The quantitative estimate of drug-likeness (QED) is 0.637. The number of aromatic nitrogens is 1. The van der Waals surface area contributed by atoms with Crippen molar-refractivity contribution in [2.45, 2.75) is 13.5 Å². The van der Waals surface area contributed by atoms with E-state index in [9.17, 15) is 4.79 Å². The van der Waals surface area contributed by atoms with Crippen LogP contribution in [-0.4, -0.2) is 11.2 Å². The topological polar surface area (TPSA) is 81.2 Å². The molecule has 5 nitrogen and oxygen atoms in total. The number of urea groups is 1. The number of nitrogens with two attached hydrogens (primary N) is 1. The van der Waals surface area contributed by atoms with Gasteiger partial charge in [-0.1, -0.05) is 5.16 Å². The fourth-order valence-electron chi connectivity index (χ4n) is 0.665. The van der Waals surface area contributed by atoms with E-state index in [1.807, 2.05) is 0 Å². The van der Waals surface area contributed by atoms with Gasteiger partial charge in [-0.15, -0.1) is 0 Å². The van der Waals surface area contributed by atoms with E-state index in [4.69, 9.17) is 5.73 Å². The van der Waals surface area contributed by atoms with Gasteiger partial charge < -0.3 is 15.6 Å². The first kappa shape index (κ1) is 7.59. The lowest BCUT2D eigenvalue weighted by atomic mass is 10.3. The van der Waals surface area contributed by atoms with Crippen molar-refractivity contribution >= 4 is 6.03 Å². The Labute approximate surface area is 63.5 Å². The molecule has 0 saturated carbocycles. The maximum Gasteiger partial charge on any atom is 0.312 e. The number of primary amides is 1. The smallest absolute Gasteiger partial charge is 0.312 e. The molecule has 0 aromatic carbocycles. The molecule has 0 aliphatic heterocycles. The van der Waals surface area contributed by atoms with Gasteiger partial charge in [0.1, 0.15) is 6.26 Å². The number of hydrogen-bond acceptors (Lipinski definition) is 3. The fraction of sp³-hybridized carbons (Fsp3) is 0.333. The summed E-state index contributed by atoms with van der Waals surface area (Å²) in [4.78, 5) is 10.3. The van der Waals surface area contributed by atoms with Crippen LogP contribution in [0.1, 0.15) is 11.3 Å². The first-order valence-electron chi connectivity index (χ1n) is 3.13. The molecular weight excluding hydrogens is 146 g/mol. The molecule has 1 heterocycles. The van der Waals surface area contributed by atoms with Crippen molar-refractivity contribution in [1.82, 2.24) is 10.5 Å². The molecule has 0 spiro atoms. The SMILES string of the molecule is Cc1nocc1CNC(N)=O. The molecule has 0 unspecified atom stereocenters. The average molecular weight is 155 g/mol. The van der Waals surface area contributed by atoms with Gasteiger partial charge in [0.15, 0.2) is 0 Å². The zero-order chi connectivity index (χ0) is 8.27. The predicted octanol–water partition coefficient (Wildman–Crippen LogP) is 0.151. The van der Waals surface area contributed by atoms with E-state index in [2.05, 4.69) is 15.0 Å². The van der Waals surface area contributed by atoms with Crippen molar-refractivity contribution in [3.63, 3.8) is 0 Å². The Morgan fingerprint density at radius 3 is 3.09 bits per heavy atom. The molecule has 0 saturated heterocycles. The molecule has 0 radical (unpaired) electrons. The summed E-state index contributed by atoms with van der Waals surface area (Å²) in [6.45, 7) is 2.16. The number of nitrogens with zero attached hydrogens (tertiary/aromatic N) is 1. The Morgan fingerprint density at radius 1 is 1.91 bits per heavy atom. The van der Waals surface area contributed by atoms with Crippen molar-refractivity contribution in [1.29, 1.82) is 0 Å². The molecule has 3 N–H and O–H groups in total. The minimum absolute atomic E-state index is 0.366. The molecule has 0 aliphatic rings. The normalized spacial score (nSPS) is 9.55.